The normalized spacial score (nSPS) is 17.8. The van der Waals surface area contributed by atoms with Crippen LogP contribution in [0.2, 0.25) is 0 Å². The van der Waals surface area contributed by atoms with Crippen molar-refractivity contribution < 1.29 is 28.5 Å². The third kappa shape index (κ3) is 7.48. The van der Waals surface area contributed by atoms with Crippen molar-refractivity contribution >= 4 is 6.09 Å². The zero-order chi connectivity index (χ0) is 24.2. The second-order valence-corrected chi connectivity index (χ2v) is 9.85. The highest BCUT2D eigenvalue weighted by Crippen LogP contribution is 2.29. The van der Waals surface area contributed by atoms with E-state index < -0.39 is 29.9 Å². The monoisotopic (exact) mass is 462 g/mol. The van der Waals surface area contributed by atoms with E-state index in [2.05, 4.69) is 49.6 Å². The maximum absolute atomic E-state index is 13.5. The highest BCUT2D eigenvalue weighted by molar-refractivity contribution is 5.65. The number of carboxylic acid groups (broad SMARTS) is 1. The van der Waals surface area contributed by atoms with Crippen LogP contribution in [0.25, 0.3) is 0 Å². The van der Waals surface area contributed by atoms with Crippen LogP contribution in [-0.2, 0) is 24.2 Å². The van der Waals surface area contributed by atoms with Gasteiger partial charge < -0.3 is 25.6 Å². The van der Waals surface area contributed by atoms with Crippen LogP contribution in [0.5, 0.6) is 0 Å². The van der Waals surface area contributed by atoms with Crippen LogP contribution < -0.4 is 10.6 Å². The number of ether oxygens (including phenoxy) is 1. The average molecular weight is 463 g/mol. The van der Waals surface area contributed by atoms with Gasteiger partial charge in [0.2, 0.25) is 0 Å². The SMILES string of the molecule is CC(C)(C)Cc1ccc2c(c1)C(NC[C@H](O)[C@H](Cc1cc(F)cc(F)c1)NC(=O)O)COC2. The summed E-state index contributed by atoms with van der Waals surface area (Å²) in [6.07, 6.45) is -1.59. The van der Waals surface area contributed by atoms with Gasteiger partial charge in [-0.15, -0.1) is 0 Å². The molecule has 0 saturated heterocycles. The molecule has 1 amide bonds. The summed E-state index contributed by atoms with van der Waals surface area (Å²) in [7, 11) is 0. The molecule has 0 radical (unpaired) electrons. The van der Waals surface area contributed by atoms with E-state index in [9.17, 15) is 23.8 Å². The molecule has 2 aromatic carbocycles. The lowest BCUT2D eigenvalue weighted by Crippen LogP contribution is -2.49. The Morgan fingerprint density at radius 1 is 1.15 bits per heavy atom. The van der Waals surface area contributed by atoms with Crippen LogP contribution in [0.3, 0.4) is 0 Å². The Hall–Kier alpha value is -2.55. The van der Waals surface area contributed by atoms with Gasteiger partial charge in [0.15, 0.2) is 0 Å². The third-order valence-electron chi connectivity index (χ3n) is 5.59. The first-order valence-corrected chi connectivity index (χ1v) is 11.1. The van der Waals surface area contributed by atoms with E-state index >= 15 is 0 Å². The maximum Gasteiger partial charge on any atom is 0.404 e. The second-order valence-electron chi connectivity index (χ2n) is 9.85. The fraction of sp³-hybridized carbons (Fsp3) is 0.480. The molecule has 0 fully saturated rings. The first-order chi connectivity index (χ1) is 15.5. The Labute approximate surface area is 193 Å². The molecule has 3 rings (SSSR count). The first-order valence-electron chi connectivity index (χ1n) is 11.1. The van der Waals surface area contributed by atoms with E-state index in [-0.39, 0.29) is 30.0 Å². The number of rotatable bonds is 8. The van der Waals surface area contributed by atoms with Gasteiger partial charge in [0.1, 0.15) is 11.6 Å². The van der Waals surface area contributed by atoms with Gasteiger partial charge in [-0.2, -0.15) is 0 Å². The van der Waals surface area contributed by atoms with Gasteiger partial charge in [0.05, 0.1) is 31.4 Å². The Morgan fingerprint density at radius 3 is 2.48 bits per heavy atom. The Morgan fingerprint density at radius 2 is 1.85 bits per heavy atom. The Kier molecular flexibility index (Phi) is 8.05. The molecule has 0 aromatic heterocycles. The lowest BCUT2D eigenvalue weighted by atomic mass is 9.86. The third-order valence-corrected chi connectivity index (χ3v) is 5.59. The number of nitrogens with one attached hydrogen (secondary N) is 2. The zero-order valence-electron chi connectivity index (χ0n) is 19.2. The van der Waals surface area contributed by atoms with Crippen molar-refractivity contribution in [1.29, 1.82) is 0 Å². The van der Waals surface area contributed by atoms with Crippen molar-refractivity contribution in [2.45, 2.75) is 58.4 Å². The van der Waals surface area contributed by atoms with Crippen LogP contribution in [0.4, 0.5) is 13.6 Å². The fourth-order valence-corrected chi connectivity index (χ4v) is 4.20. The largest absolute Gasteiger partial charge is 0.465 e. The van der Waals surface area contributed by atoms with Gasteiger partial charge in [0, 0.05) is 12.6 Å². The number of halogens is 2. The van der Waals surface area contributed by atoms with Crippen molar-refractivity contribution in [3.05, 3.63) is 70.3 Å². The molecule has 3 atom stereocenters. The van der Waals surface area contributed by atoms with Crippen LogP contribution in [0.1, 0.15) is 49.1 Å². The maximum atomic E-state index is 13.5. The summed E-state index contributed by atoms with van der Waals surface area (Å²) in [5.41, 5.74) is 3.79. The van der Waals surface area contributed by atoms with Gasteiger partial charge in [-0.25, -0.2) is 13.6 Å². The molecule has 180 valence electrons. The summed E-state index contributed by atoms with van der Waals surface area (Å²) < 4.78 is 32.8. The molecule has 4 N–H and O–H groups in total. The van der Waals surface area contributed by atoms with Crippen LogP contribution in [-0.4, -0.2) is 41.6 Å². The smallest absolute Gasteiger partial charge is 0.404 e. The lowest BCUT2D eigenvalue weighted by molar-refractivity contribution is 0.0697. The van der Waals surface area contributed by atoms with Gasteiger partial charge >= 0.3 is 6.09 Å². The van der Waals surface area contributed by atoms with Crippen molar-refractivity contribution in [1.82, 2.24) is 10.6 Å². The van der Waals surface area contributed by atoms with Crippen molar-refractivity contribution in [3.8, 4) is 0 Å². The molecule has 0 aliphatic carbocycles. The van der Waals surface area contributed by atoms with Crippen LogP contribution >= 0.6 is 0 Å². The summed E-state index contributed by atoms with van der Waals surface area (Å²) in [6, 6.07) is 8.21. The van der Waals surface area contributed by atoms with Gasteiger partial charge in [-0.05, 0) is 52.6 Å². The summed E-state index contributed by atoms with van der Waals surface area (Å²) >= 11 is 0. The molecule has 0 bridgehead atoms. The number of aliphatic hydroxyl groups is 1. The number of fused-ring (bicyclic) bond motifs is 1. The van der Waals surface area contributed by atoms with Gasteiger partial charge in [0.25, 0.3) is 0 Å². The molecule has 1 aliphatic heterocycles. The molecule has 2 aromatic rings. The van der Waals surface area contributed by atoms with E-state index in [1.54, 1.807) is 0 Å². The zero-order valence-corrected chi connectivity index (χ0v) is 19.2. The minimum atomic E-state index is -1.32. The van der Waals surface area contributed by atoms with E-state index in [0.29, 0.717) is 13.2 Å². The van der Waals surface area contributed by atoms with Gasteiger partial charge in [-0.1, -0.05) is 39.0 Å². The standard InChI is InChI=1S/C25H32F2N2O4/c1-25(2,3)11-15-4-5-17-13-33-14-22(20(17)8-15)28-12-23(30)21(29-24(31)32)9-16-6-18(26)10-19(27)7-16/h4-8,10,21-23,28-30H,9,11-14H2,1-3H3,(H,31,32)/t21-,22?,23-/m0/s1. The Balaban J connectivity index is 1.70. The number of hydrogen-bond donors (Lipinski definition) is 4. The topological polar surface area (TPSA) is 90.8 Å². The number of carbonyl (C=O) groups is 1. The number of hydrogen-bond acceptors (Lipinski definition) is 4. The number of aliphatic hydroxyl groups excluding tert-OH is 1. The number of amides is 1. The number of benzene rings is 2. The molecule has 1 aliphatic rings. The van der Waals surface area contributed by atoms with Crippen molar-refractivity contribution in [2.75, 3.05) is 13.2 Å². The highest BCUT2D eigenvalue weighted by Gasteiger charge is 2.26. The lowest BCUT2D eigenvalue weighted by Gasteiger charge is -2.30. The van der Waals surface area contributed by atoms with E-state index in [0.717, 1.165) is 35.7 Å². The molecule has 1 heterocycles. The molecule has 6 nitrogen and oxygen atoms in total. The molecular weight excluding hydrogens is 430 g/mol. The minimum absolute atomic E-state index is 0.0582. The Bertz CT molecular complexity index is 957. The summed E-state index contributed by atoms with van der Waals surface area (Å²) in [5.74, 6) is -1.51. The predicted molar refractivity (Wildman–Crippen MR) is 121 cm³/mol. The van der Waals surface area contributed by atoms with E-state index in [1.807, 2.05) is 0 Å². The van der Waals surface area contributed by atoms with E-state index in [1.165, 1.54) is 5.56 Å². The van der Waals surface area contributed by atoms with E-state index in [4.69, 9.17) is 4.74 Å². The van der Waals surface area contributed by atoms with Crippen molar-refractivity contribution in [3.63, 3.8) is 0 Å². The fourth-order valence-electron chi connectivity index (χ4n) is 4.20. The summed E-state index contributed by atoms with van der Waals surface area (Å²) in [4.78, 5) is 11.2. The highest BCUT2D eigenvalue weighted by atomic mass is 19.1. The second kappa shape index (κ2) is 10.6. The molecular formula is C25H32F2N2O4. The van der Waals surface area contributed by atoms with Crippen molar-refractivity contribution in [2.24, 2.45) is 5.41 Å². The molecule has 33 heavy (non-hydrogen) atoms. The van der Waals surface area contributed by atoms with Gasteiger partial charge in [-0.3, -0.25) is 0 Å². The molecule has 8 heteroatoms. The van der Waals surface area contributed by atoms with Crippen LogP contribution in [0, 0.1) is 17.0 Å². The molecule has 0 saturated carbocycles. The predicted octanol–water partition coefficient (Wildman–Crippen LogP) is 3.95. The molecule has 0 spiro atoms. The average Bonchev–Trinajstić information content (AvgIpc) is 2.69. The summed E-state index contributed by atoms with van der Waals surface area (Å²) in [5, 5.41) is 25.4. The first kappa shape index (κ1) is 25.1. The summed E-state index contributed by atoms with van der Waals surface area (Å²) in [6.45, 7) is 7.55. The quantitative estimate of drug-likeness (QED) is 0.477. The van der Waals surface area contributed by atoms with Crippen LogP contribution in [0.15, 0.2) is 36.4 Å². The minimum Gasteiger partial charge on any atom is -0.465 e. The molecule has 1 unspecified atom stereocenters.